The van der Waals surface area contributed by atoms with Gasteiger partial charge in [0.1, 0.15) is 0 Å². The molecule has 30 heavy (non-hydrogen) atoms. The maximum Gasteiger partial charge on any atom is 0.242 e. The predicted molar refractivity (Wildman–Crippen MR) is 127 cm³/mol. The van der Waals surface area contributed by atoms with Crippen LogP contribution >= 0.6 is 11.3 Å². The van der Waals surface area contributed by atoms with Gasteiger partial charge in [-0.2, -0.15) is 0 Å². The van der Waals surface area contributed by atoms with Crippen molar-refractivity contribution in [3.63, 3.8) is 0 Å². The lowest BCUT2D eigenvalue weighted by Crippen LogP contribution is -2.51. The molecule has 3 aromatic rings. The molecule has 0 atom stereocenters. The molecule has 0 saturated carbocycles. The Hall–Kier alpha value is -2.60. The highest BCUT2D eigenvalue weighted by Gasteiger charge is 2.24. The Morgan fingerprint density at radius 2 is 1.67 bits per heavy atom. The van der Waals surface area contributed by atoms with E-state index in [2.05, 4.69) is 62.9 Å². The summed E-state index contributed by atoms with van der Waals surface area (Å²) >= 11 is 1.67. The molecule has 5 nitrogen and oxygen atoms in total. The molecule has 0 aliphatic carbocycles. The molecule has 0 unspecified atom stereocenters. The predicted octanol–water partition coefficient (Wildman–Crippen LogP) is 4.31. The van der Waals surface area contributed by atoms with Crippen molar-refractivity contribution in [2.45, 2.75) is 27.7 Å². The maximum atomic E-state index is 12.9. The van der Waals surface area contributed by atoms with E-state index in [-0.39, 0.29) is 5.91 Å². The average Bonchev–Trinajstić information content (AvgIpc) is 3.20. The first-order chi connectivity index (χ1) is 14.3. The fourth-order valence-electron chi connectivity index (χ4n) is 4.04. The van der Waals surface area contributed by atoms with Crippen molar-refractivity contribution >= 4 is 38.3 Å². The van der Waals surface area contributed by atoms with Gasteiger partial charge in [0.25, 0.3) is 0 Å². The van der Waals surface area contributed by atoms with Gasteiger partial charge < -0.3 is 14.7 Å². The van der Waals surface area contributed by atoms with E-state index in [0.717, 1.165) is 36.8 Å². The number of piperazine rings is 1. The maximum absolute atomic E-state index is 12.9. The molecule has 2 heterocycles. The van der Waals surface area contributed by atoms with E-state index in [1.54, 1.807) is 11.3 Å². The minimum absolute atomic E-state index is 0.172. The Bertz CT molecular complexity index is 1040. The zero-order valence-electron chi connectivity index (χ0n) is 18.5. The van der Waals surface area contributed by atoms with E-state index >= 15 is 0 Å². The van der Waals surface area contributed by atoms with Crippen LogP contribution in [0.15, 0.2) is 30.3 Å². The number of carbonyl (C=O) groups is 1. The van der Waals surface area contributed by atoms with Gasteiger partial charge in [0.2, 0.25) is 5.91 Å². The number of hydrogen-bond acceptors (Lipinski definition) is 5. The number of nitrogens with zero attached hydrogens (tertiary/aromatic N) is 4. The molecular formula is C24H30N4OS. The van der Waals surface area contributed by atoms with Crippen molar-refractivity contribution in [3.05, 3.63) is 52.6 Å². The molecule has 0 bridgehead atoms. The number of rotatable bonds is 4. The second-order valence-corrected chi connectivity index (χ2v) is 9.36. The number of thiazole rings is 1. The third-order valence-corrected chi connectivity index (χ3v) is 7.27. The molecule has 0 N–H and O–H groups in total. The molecule has 158 valence electrons. The number of aromatic nitrogens is 1. The van der Waals surface area contributed by atoms with Crippen LogP contribution in [-0.4, -0.2) is 55.6 Å². The monoisotopic (exact) mass is 422 g/mol. The van der Waals surface area contributed by atoms with Crippen molar-refractivity contribution in [3.8, 4) is 0 Å². The second kappa shape index (κ2) is 8.26. The summed E-state index contributed by atoms with van der Waals surface area (Å²) < 4.78 is 1.21. The van der Waals surface area contributed by atoms with Gasteiger partial charge >= 0.3 is 0 Å². The molecule has 0 spiro atoms. The van der Waals surface area contributed by atoms with Crippen LogP contribution < -0.4 is 9.80 Å². The first kappa shape index (κ1) is 20.7. The van der Waals surface area contributed by atoms with Crippen molar-refractivity contribution in [1.29, 1.82) is 0 Å². The smallest absolute Gasteiger partial charge is 0.242 e. The van der Waals surface area contributed by atoms with E-state index in [1.807, 2.05) is 16.8 Å². The molecule has 1 aliphatic heterocycles. The third kappa shape index (κ3) is 4.01. The molecule has 2 aromatic carbocycles. The number of aryl methyl sites for hydroxylation is 4. The highest BCUT2D eigenvalue weighted by Crippen LogP contribution is 2.32. The van der Waals surface area contributed by atoms with E-state index in [9.17, 15) is 4.79 Å². The number of amides is 1. The Morgan fingerprint density at radius 3 is 2.37 bits per heavy atom. The number of likely N-dealkylation sites (N-methyl/N-ethyl adjacent to an activating group) is 1. The molecule has 1 amide bonds. The first-order valence-electron chi connectivity index (χ1n) is 10.5. The molecule has 0 radical (unpaired) electrons. The summed E-state index contributed by atoms with van der Waals surface area (Å²) in [6.07, 6.45) is 0. The minimum Gasteiger partial charge on any atom is -0.368 e. The van der Waals surface area contributed by atoms with E-state index in [0.29, 0.717) is 6.54 Å². The van der Waals surface area contributed by atoms with Gasteiger partial charge in [-0.05, 0) is 56.0 Å². The summed E-state index contributed by atoms with van der Waals surface area (Å²) in [5.41, 5.74) is 7.33. The van der Waals surface area contributed by atoms with Gasteiger partial charge in [-0.1, -0.05) is 35.6 Å². The van der Waals surface area contributed by atoms with Crippen LogP contribution in [0.5, 0.6) is 0 Å². The highest BCUT2D eigenvalue weighted by atomic mass is 32.1. The largest absolute Gasteiger partial charge is 0.368 e. The van der Waals surface area contributed by atoms with Crippen molar-refractivity contribution < 1.29 is 4.79 Å². The van der Waals surface area contributed by atoms with Crippen molar-refractivity contribution in [2.24, 2.45) is 0 Å². The van der Waals surface area contributed by atoms with Crippen LogP contribution in [0.2, 0.25) is 0 Å². The Labute approximate surface area is 182 Å². The SMILES string of the molecule is Cc1ccc(C)c(N2CCN(C(=O)CN(C)c3nc4c(C)ccc(C)c4s3)CC2)c1. The summed E-state index contributed by atoms with van der Waals surface area (Å²) in [5.74, 6) is 0.172. The topological polar surface area (TPSA) is 39.7 Å². The van der Waals surface area contributed by atoms with Gasteiger partial charge in [-0.15, -0.1) is 0 Å². The van der Waals surface area contributed by atoms with Crippen LogP contribution in [0.25, 0.3) is 10.2 Å². The Kier molecular flexibility index (Phi) is 5.69. The quantitative estimate of drug-likeness (QED) is 0.628. The molecule has 6 heteroatoms. The number of anilines is 2. The molecule has 4 rings (SSSR count). The van der Waals surface area contributed by atoms with Gasteiger partial charge in [0.05, 0.1) is 16.8 Å². The van der Waals surface area contributed by atoms with Gasteiger partial charge in [-0.25, -0.2) is 4.98 Å². The average molecular weight is 423 g/mol. The minimum atomic E-state index is 0.172. The Morgan fingerprint density at radius 1 is 1.00 bits per heavy atom. The highest BCUT2D eigenvalue weighted by molar-refractivity contribution is 7.22. The second-order valence-electron chi connectivity index (χ2n) is 8.39. The van der Waals surface area contributed by atoms with Crippen LogP contribution in [0.3, 0.4) is 0 Å². The summed E-state index contributed by atoms with van der Waals surface area (Å²) in [6.45, 7) is 12.1. The van der Waals surface area contributed by atoms with E-state index < -0.39 is 0 Å². The van der Waals surface area contributed by atoms with Crippen molar-refractivity contribution in [2.75, 3.05) is 49.6 Å². The fraction of sp³-hybridized carbons (Fsp3) is 0.417. The lowest BCUT2D eigenvalue weighted by molar-refractivity contribution is -0.129. The van der Waals surface area contributed by atoms with Gasteiger partial charge in [0.15, 0.2) is 5.13 Å². The molecule has 1 saturated heterocycles. The van der Waals surface area contributed by atoms with Gasteiger partial charge in [0, 0.05) is 38.9 Å². The third-order valence-electron chi connectivity index (χ3n) is 5.97. The van der Waals surface area contributed by atoms with Crippen molar-refractivity contribution in [1.82, 2.24) is 9.88 Å². The molecular weight excluding hydrogens is 392 g/mol. The standard InChI is InChI=1S/C24H30N4OS/c1-16-6-7-17(2)20(14-16)27-10-12-28(13-11-27)21(29)15-26(5)24-25-22-18(3)8-9-19(4)23(22)30-24/h6-9,14H,10-13,15H2,1-5H3. The summed E-state index contributed by atoms with van der Waals surface area (Å²) in [6, 6.07) is 10.8. The van der Waals surface area contributed by atoms with Gasteiger partial charge in [-0.3, -0.25) is 4.79 Å². The van der Waals surface area contributed by atoms with E-state index in [4.69, 9.17) is 4.98 Å². The molecule has 1 aromatic heterocycles. The number of fused-ring (bicyclic) bond motifs is 1. The summed E-state index contributed by atoms with van der Waals surface area (Å²) in [4.78, 5) is 24.1. The van der Waals surface area contributed by atoms with Crippen LogP contribution in [0, 0.1) is 27.7 Å². The number of carbonyl (C=O) groups excluding carboxylic acids is 1. The zero-order valence-corrected chi connectivity index (χ0v) is 19.3. The summed E-state index contributed by atoms with van der Waals surface area (Å²) in [7, 11) is 1.96. The number of hydrogen-bond donors (Lipinski definition) is 0. The first-order valence-corrected chi connectivity index (χ1v) is 11.3. The number of benzene rings is 2. The lowest BCUT2D eigenvalue weighted by Gasteiger charge is -2.37. The lowest BCUT2D eigenvalue weighted by atomic mass is 10.1. The zero-order chi connectivity index (χ0) is 21.4. The van der Waals surface area contributed by atoms with Crippen LogP contribution in [0.4, 0.5) is 10.8 Å². The van der Waals surface area contributed by atoms with E-state index in [1.165, 1.54) is 32.6 Å². The Balaban J connectivity index is 1.40. The van der Waals surface area contributed by atoms with Crippen LogP contribution in [-0.2, 0) is 4.79 Å². The van der Waals surface area contributed by atoms with Crippen LogP contribution in [0.1, 0.15) is 22.3 Å². The normalized spacial score (nSPS) is 14.4. The molecule has 1 aliphatic rings. The fourth-order valence-corrected chi connectivity index (χ4v) is 5.11. The molecule has 1 fully saturated rings. The summed E-state index contributed by atoms with van der Waals surface area (Å²) in [5, 5.41) is 0.907.